The summed E-state index contributed by atoms with van der Waals surface area (Å²) in [4.78, 5) is 8.09. The minimum absolute atomic E-state index is 0.384. The quantitative estimate of drug-likeness (QED) is 0.695. The van der Waals surface area contributed by atoms with Gasteiger partial charge in [0.1, 0.15) is 12.4 Å². The van der Waals surface area contributed by atoms with E-state index in [9.17, 15) is 0 Å². The third kappa shape index (κ3) is 2.17. The second-order valence-electron chi connectivity index (χ2n) is 3.52. The van der Waals surface area contributed by atoms with Gasteiger partial charge in [-0.1, -0.05) is 0 Å². The van der Waals surface area contributed by atoms with Crippen LogP contribution < -0.4 is 4.74 Å². The number of hydrogen-bond donors (Lipinski definition) is 0. The Morgan fingerprint density at radius 3 is 2.77 bits per heavy atom. The van der Waals surface area contributed by atoms with Gasteiger partial charge in [-0.25, -0.2) is 9.97 Å². The minimum atomic E-state index is 0.384. The molecule has 1 heterocycles. The van der Waals surface area contributed by atoms with E-state index in [2.05, 4.69) is 9.97 Å². The number of aromatic nitrogens is 2. The molecule has 0 unspecified atom stereocenters. The highest BCUT2D eigenvalue weighted by molar-refractivity contribution is 5.12. The summed E-state index contributed by atoms with van der Waals surface area (Å²) in [5.41, 5.74) is 0.961. The van der Waals surface area contributed by atoms with Crippen LogP contribution in [0.1, 0.15) is 31.4 Å². The van der Waals surface area contributed by atoms with Crippen LogP contribution in [0, 0.1) is 6.92 Å². The third-order valence-electron chi connectivity index (χ3n) is 2.37. The summed E-state index contributed by atoms with van der Waals surface area (Å²) in [6, 6.07) is 1.89. The van der Waals surface area contributed by atoms with Crippen molar-refractivity contribution in [3.05, 3.63) is 18.1 Å². The normalized spacial score (nSPS) is 17.6. The molecule has 1 aliphatic rings. The highest BCUT2D eigenvalue weighted by Gasteiger charge is 2.16. The van der Waals surface area contributed by atoms with Gasteiger partial charge in [0, 0.05) is 11.8 Å². The van der Waals surface area contributed by atoms with Gasteiger partial charge in [-0.15, -0.1) is 0 Å². The molecule has 70 valence electrons. The Balaban J connectivity index is 2.00. The van der Waals surface area contributed by atoms with Crippen molar-refractivity contribution in [3.8, 4) is 5.88 Å². The lowest BCUT2D eigenvalue weighted by molar-refractivity contribution is 0.201. The van der Waals surface area contributed by atoms with E-state index in [-0.39, 0.29) is 0 Å². The van der Waals surface area contributed by atoms with E-state index in [0.29, 0.717) is 6.10 Å². The SMILES string of the molecule is Cc1cc(OC2CCCC2)ncn1. The van der Waals surface area contributed by atoms with Crippen LogP contribution in [0.3, 0.4) is 0 Å². The van der Waals surface area contributed by atoms with E-state index in [4.69, 9.17) is 4.74 Å². The van der Waals surface area contributed by atoms with Gasteiger partial charge in [-0.2, -0.15) is 0 Å². The summed E-state index contributed by atoms with van der Waals surface area (Å²) in [7, 11) is 0. The van der Waals surface area contributed by atoms with Crippen molar-refractivity contribution in [2.75, 3.05) is 0 Å². The Hall–Kier alpha value is -1.12. The molecule has 0 bridgehead atoms. The zero-order valence-electron chi connectivity index (χ0n) is 7.86. The van der Waals surface area contributed by atoms with Crippen molar-refractivity contribution in [1.82, 2.24) is 9.97 Å². The molecule has 2 rings (SSSR count). The fourth-order valence-corrected chi connectivity index (χ4v) is 1.67. The molecule has 0 N–H and O–H groups in total. The van der Waals surface area contributed by atoms with E-state index >= 15 is 0 Å². The molecule has 13 heavy (non-hydrogen) atoms. The van der Waals surface area contributed by atoms with Crippen molar-refractivity contribution in [1.29, 1.82) is 0 Å². The third-order valence-corrected chi connectivity index (χ3v) is 2.37. The molecule has 1 aromatic heterocycles. The Kier molecular flexibility index (Phi) is 2.43. The molecular weight excluding hydrogens is 164 g/mol. The van der Waals surface area contributed by atoms with Gasteiger partial charge < -0.3 is 4.74 Å². The highest BCUT2D eigenvalue weighted by atomic mass is 16.5. The van der Waals surface area contributed by atoms with Crippen LogP contribution in [0.15, 0.2) is 12.4 Å². The van der Waals surface area contributed by atoms with Crippen molar-refractivity contribution < 1.29 is 4.74 Å². The molecule has 0 spiro atoms. The Bertz CT molecular complexity index is 282. The second-order valence-corrected chi connectivity index (χ2v) is 3.52. The van der Waals surface area contributed by atoms with Crippen molar-refractivity contribution >= 4 is 0 Å². The maximum Gasteiger partial charge on any atom is 0.216 e. The van der Waals surface area contributed by atoms with E-state index in [1.807, 2.05) is 13.0 Å². The smallest absolute Gasteiger partial charge is 0.216 e. The topological polar surface area (TPSA) is 35.0 Å². The molecule has 0 atom stereocenters. The van der Waals surface area contributed by atoms with Crippen LogP contribution in [-0.4, -0.2) is 16.1 Å². The van der Waals surface area contributed by atoms with Crippen LogP contribution in [0.2, 0.25) is 0 Å². The molecule has 1 aromatic rings. The molecule has 3 nitrogen and oxygen atoms in total. The van der Waals surface area contributed by atoms with Gasteiger partial charge >= 0.3 is 0 Å². The Labute approximate surface area is 78.2 Å². The van der Waals surface area contributed by atoms with Gasteiger partial charge in [0.25, 0.3) is 0 Å². The molecule has 1 aliphatic carbocycles. The minimum Gasteiger partial charge on any atom is -0.474 e. The largest absolute Gasteiger partial charge is 0.474 e. The van der Waals surface area contributed by atoms with Crippen molar-refractivity contribution in [2.24, 2.45) is 0 Å². The van der Waals surface area contributed by atoms with Crippen LogP contribution in [0.5, 0.6) is 5.88 Å². The molecule has 0 saturated heterocycles. The van der Waals surface area contributed by atoms with E-state index in [1.54, 1.807) is 6.33 Å². The average Bonchev–Trinajstić information content (AvgIpc) is 2.57. The predicted octanol–water partition coefficient (Wildman–Crippen LogP) is 2.11. The summed E-state index contributed by atoms with van der Waals surface area (Å²) < 4.78 is 5.70. The van der Waals surface area contributed by atoms with E-state index in [0.717, 1.165) is 11.6 Å². The first-order valence-electron chi connectivity index (χ1n) is 4.80. The lowest BCUT2D eigenvalue weighted by Crippen LogP contribution is -2.11. The average molecular weight is 178 g/mol. The maximum atomic E-state index is 5.70. The molecule has 0 amide bonds. The molecular formula is C10H14N2O. The lowest BCUT2D eigenvalue weighted by atomic mass is 10.3. The predicted molar refractivity (Wildman–Crippen MR) is 49.7 cm³/mol. The first-order chi connectivity index (χ1) is 6.34. The highest BCUT2D eigenvalue weighted by Crippen LogP contribution is 2.22. The first-order valence-corrected chi connectivity index (χ1v) is 4.80. The number of ether oxygens (including phenoxy) is 1. The molecule has 1 fully saturated rings. The second kappa shape index (κ2) is 3.73. The summed E-state index contributed by atoms with van der Waals surface area (Å²) in [5.74, 6) is 0.722. The molecule has 0 aromatic carbocycles. The van der Waals surface area contributed by atoms with Crippen LogP contribution in [0.25, 0.3) is 0 Å². The van der Waals surface area contributed by atoms with Crippen LogP contribution in [-0.2, 0) is 0 Å². The van der Waals surface area contributed by atoms with Gasteiger partial charge in [0.2, 0.25) is 5.88 Å². The van der Waals surface area contributed by atoms with Gasteiger partial charge in [0.05, 0.1) is 0 Å². The Morgan fingerprint density at radius 2 is 2.08 bits per heavy atom. The van der Waals surface area contributed by atoms with Gasteiger partial charge in [-0.3, -0.25) is 0 Å². The van der Waals surface area contributed by atoms with Gasteiger partial charge in [0.15, 0.2) is 0 Å². The van der Waals surface area contributed by atoms with Crippen LogP contribution in [0.4, 0.5) is 0 Å². The molecule has 3 heteroatoms. The fraction of sp³-hybridized carbons (Fsp3) is 0.600. The summed E-state index contributed by atoms with van der Waals surface area (Å²) in [6.45, 7) is 1.95. The van der Waals surface area contributed by atoms with Crippen LogP contribution >= 0.6 is 0 Å². The zero-order chi connectivity index (χ0) is 9.10. The standard InChI is InChI=1S/C10H14N2O/c1-8-6-10(12-7-11-8)13-9-4-2-3-5-9/h6-7,9H,2-5H2,1H3. The fourth-order valence-electron chi connectivity index (χ4n) is 1.67. The monoisotopic (exact) mass is 178 g/mol. The number of rotatable bonds is 2. The lowest BCUT2D eigenvalue weighted by Gasteiger charge is -2.11. The molecule has 0 radical (unpaired) electrons. The van der Waals surface area contributed by atoms with E-state index < -0.39 is 0 Å². The zero-order valence-corrected chi connectivity index (χ0v) is 7.86. The molecule has 0 aliphatic heterocycles. The summed E-state index contributed by atoms with van der Waals surface area (Å²) in [5, 5.41) is 0. The van der Waals surface area contributed by atoms with Crippen molar-refractivity contribution in [3.63, 3.8) is 0 Å². The first kappa shape index (κ1) is 8.48. The number of aryl methyl sites for hydroxylation is 1. The summed E-state index contributed by atoms with van der Waals surface area (Å²) in [6.07, 6.45) is 6.85. The van der Waals surface area contributed by atoms with E-state index in [1.165, 1.54) is 25.7 Å². The summed E-state index contributed by atoms with van der Waals surface area (Å²) >= 11 is 0. The number of nitrogens with zero attached hydrogens (tertiary/aromatic N) is 2. The Morgan fingerprint density at radius 1 is 1.31 bits per heavy atom. The van der Waals surface area contributed by atoms with Crippen molar-refractivity contribution in [2.45, 2.75) is 38.7 Å². The number of hydrogen-bond acceptors (Lipinski definition) is 3. The molecule has 1 saturated carbocycles. The van der Waals surface area contributed by atoms with Gasteiger partial charge in [-0.05, 0) is 32.6 Å². The maximum absolute atomic E-state index is 5.70.